The second-order valence-corrected chi connectivity index (χ2v) is 15.1. The summed E-state index contributed by atoms with van der Waals surface area (Å²) in [6, 6.07) is 37.1. The molecule has 7 aromatic rings. The van der Waals surface area contributed by atoms with Crippen molar-refractivity contribution in [1.82, 2.24) is 19.3 Å². The van der Waals surface area contributed by atoms with Gasteiger partial charge in [0, 0.05) is 34.5 Å². The summed E-state index contributed by atoms with van der Waals surface area (Å²) in [6.45, 7) is 6.52. The van der Waals surface area contributed by atoms with Gasteiger partial charge in [0.15, 0.2) is 0 Å². The van der Waals surface area contributed by atoms with Gasteiger partial charge in [-0.2, -0.15) is 17.2 Å². The number of hydrogen-bond acceptors (Lipinski definition) is 3. The molecule has 53 heavy (non-hydrogen) atoms. The van der Waals surface area contributed by atoms with Crippen molar-refractivity contribution in [2.75, 3.05) is 0 Å². The van der Waals surface area contributed by atoms with E-state index < -0.39 is 0 Å². The van der Waals surface area contributed by atoms with E-state index in [1.165, 1.54) is 75.3 Å². The fourth-order valence-corrected chi connectivity index (χ4v) is 9.18. The van der Waals surface area contributed by atoms with E-state index in [-0.39, 0.29) is 21.1 Å². The molecule has 0 unspecified atom stereocenters. The third kappa shape index (κ3) is 6.67. The predicted octanol–water partition coefficient (Wildman–Crippen LogP) is 12.4. The van der Waals surface area contributed by atoms with Crippen molar-refractivity contribution >= 4 is 21.8 Å². The van der Waals surface area contributed by atoms with Crippen molar-refractivity contribution in [2.45, 2.75) is 96.8 Å². The first-order valence-electron chi connectivity index (χ1n) is 19.3. The molecule has 3 heterocycles. The molecule has 0 aliphatic heterocycles. The maximum absolute atomic E-state index is 6.53. The molecule has 0 saturated heterocycles. The summed E-state index contributed by atoms with van der Waals surface area (Å²) in [5, 5.41) is 7.48. The molecule has 4 aromatic carbocycles. The Morgan fingerprint density at radius 3 is 2.06 bits per heavy atom. The van der Waals surface area contributed by atoms with E-state index >= 15 is 0 Å². The smallest absolute Gasteiger partial charge is 0.509 e. The second-order valence-electron chi connectivity index (χ2n) is 15.1. The third-order valence-corrected chi connectivity index (χ3v) is 11.6. The van der Waals surface area contributed by atoms with Gasteiger partial charge in [0.25, 0.3) is 0 Å². The fraction of sp³-hybridized carbons (Fsp3) is 0.319. The third-order valence-electron chi connectivity index (χ3n) is 11.6. The van der Waals surface area contributed by atoms with E-state index in [2.05, 4.69) is 103 Å². The Bertz CT molecular complexity index is 2370. The first-order valence-corrected chi connectivity index (χ1v) is 19.3. The van der Waals surface area contributed by atoms with Gasteiger partial charge in [0.05, 0.1) is 5.69 Å². The molecule has 2 aliphatic carbocycles. The topological polar surface area (TPSA) is 44.9 Å². The Hall–Kier alpha value is -4.47. The normalized spacial score (nSPS) is 15.5. The van der Waals surface area contributed by atoms with Gasteiger partial charge in [-0.05, 0) is 110 Å². The zero-order valence-electron chi connectivity index (χ0n) is 30.9. The van der Waals surface area contributed by atoms with Crippen LogP contribution in [0.25, 0.3) is 44.4 Å². The van der Waals surface area contributed by atoms with Crippen molar-refractivity contribution < 1.29 is 25.8 Å². The number of para-hydroxylation sites is 1. The van der Waals surface area contributed by atoms with E-state index in [0.717, 1.165) is 50.3 Å². The summed E-state index contributed by atoms with van der Waals surface area (Å²) >= 11 is 0. The van der Waals surface area contributed by atoms with Crippen LogP contribution in [0.4, 0.5) is 0 Å². The van der Waals surface area contributed by atoms with Gasteiger partial charge in [0.2, 0.25) is 0 Å². The summed E-state index contributed by atoms with van der Waals surface area (Å²) in [7, 11) is 0. The first-order chi connectivity index (χ1) is 25.5. The number of pyridine rings is 1. The van der Waals surface area contributed by atoms with E-state index in [1.54, 1.807) is 11.1 Å². The van der Waals surface area contributed by atoms with E-state index in [9.17, 15) is 0 Å². The molecule has 3 aromatic heterocycles. The van der Waals surface area contributed by atoms with Crippen LogP contribution >= 0.6 is 0 Å². The number of ether oxygens (including phenoxy) is 1. The molecule has 0 bridgehead atoms. The van der Waals surface area contributed by atoms with Crippen molar-refractivity contribution in [3.05, 3.63) is 131 Å². The molecule has 0 radical (unpaired) electrons. The van der Waals surface area contributed by atoms with Crippen LogP contribution in [0.3, 0.4) is 0 Å². The summed E-state index contributed by atoms with van der Waals surface area (Å²) in [5.41, 5.74) is 12.1. The number of nitrogens with zero attached hydrogens (tertiary/aromatic N) is 4. The second kappa shape index (κ2) is 15.1. The fourth-order valence-electron chi connectivity index (χ4n) is 9.18. The molecule has 2 saturated carbocycles. The molecular weight excluding hydrogens is 832 g/mol. The Morgan fingerprint density at radius 2 is 1.34 bits per heavy atom. The van der Waals surface area contributed by atoms with Gasteiger partial charge >= 0.3 is 21.1 Å². The minimum atomic E-state index is 0. The van der Waals surface area contributed by atoms with Crippen molar-refractivity contribution in [3.8, 4) is 34.1 Å². The van der Waals surface area contributed by atoms with E-state index in [1.807, 2.05) is 30.5 Å². The number of rotatable bonds is 7. The molecule has 0 N–H and O–H groups in total. The van der Waals surface area contributed by atoms with Crippen LogP contribution in [-0.4, -0.2) is 19.3 Å². The molecule has 270 valence electrons. The maximum Gasteiger partial charge on any atom is 2.00 e. The van der Waals surface area contributed by atoms with Crippen molar-refractivity contribution in [1.29, 1.82) is 0 Å². The quantitative estimate of drug-likeness (QED) is 0.150. The molecule has 0 spiro atoms. The Labute approximate surface area is 327 Å². The monoisotopic (exact) mass is 877 g/mol. The summed E-state index contributed by atoms with van der Waals surface area (Å²) in [6.07, 6.45) is 15.0. The largest absolute Gasteiger partial charge is 2.00 e. The molecular formula is C47H46N4OPt. The van der Waals surface area contributed by atoms with Crippen molar-refractivity contribution in [3.63, 3.8) is 0 Å². The Morgan fingerprint density at radius 1 is 0.660 bits per heavy atom. The maximum atomic E-state index is 6.53. The minimum absolute atomic E-state index is 0. The SMILES string of the molecule is Cc1ccnc(-n2c3[c-]c(Oc4[c-]c(-n5nc(C)c(-c6c(C7CCCCC7)cccc6C6CCCCC6)c5C)ccc4)ccc3c3ccccc32)c1.[Pt+2]. The van der Waals surface area contributed by atoms with Gasteiger partial charge in [-0.3, -0.25) is 4.68 Å². The van der Waals surface area contributed by atoms with Gasteiger partial charge in [-0.25, -0.2) is 4.98 Å². The van der Waals surface area contributed by atoms with E-state index in [0.29, 0.717) is 23.3 Å². The van der Waals surface area contributed by atoms with Crippen LogP contribution in [0.1, 0.15) is 104 Å². The number of hydrogen-bond donors (Lipinski definition) is 0. The molecule has 0 amide bonds. The zero-order valence-corrected chi connectivity index (χ0v) is 33.2. The Kier molecular flexibility index (Phi) is 10.1. The number of aromatic nitrogens is 4. The summed E-state index contributed by atoms with van der Waals surface area (Å²) < 4.78 is 10.8. The molecule has 2 fully saturated rings. The van der Waals surface area contributed by atoms with Crippen LogP contribution in [0, 0.1) is 32.9 Å². The minimum Gasteiger partial charge on any atom is -0.509 e. The van der Waals surface area contributed by atoms with Crippen LogP contribution in [0.5, 0.6) is 11.5 Å². The van der Waals surface area contributed by atoms with Crippen LogP contribution in [-0.2, 0) is 21.1 Å². The van der Waals surface area contributed by atoms with Crippen LogP contribution in [0.2, 0.25) is 0 Å². The Balaban J connectivity index is 0.00000400. The number of fused-ring (bicyclic) bond motifs is 3. The summed E-state index contributed by atoms with van der Waals surface area (Å²) in [4.78, 5) is 4.73. The van der Waals surface area contributed by atoms with Crippen LogP contribution < -0.4 is 4.74 Å². The first kappa shape index (κ1) is 35.6. The van der Waals surface area contributed by atoms with Crippen molar-refractivity contribution in [2.24, 2.45) is 0 Å². The molecule has 9 rings (SSSR count). The van der Waals surface area contributed by atoms with Gasteiger partial charge < -0.3 is 9.30 Å². The average molecular weight is 878 g/mol. The summed E-state index contributed by atoms with van der Waals surface area (Å²) in [5.74, 6) is 3.36. The molecule has 6 heteroatoms. The number of benzene rings is 4. The number of aryl methyl sites for hydroxylation is 2. The van der Waals surface area contributed by atoms with Crippen LogP contribution in [0.15, 0.2) is 91.1 Å². The van der Waals surface area contributed by atoms with Gasteiger partial charge in [-0.1, -0.05) is 80.4 Å². The van der Waals surface area contributed by atoms with E-state index in [4.69, 9.17) is 14.8 Å². The molecule has 5 nitrogen and oxygen atoms in total. The molecule has 0 atom stereocenters. The van der Waals surface area contributed by atoms with Gasteiger partial charge in [0.1, 0.15) is 5.82 Å². The zero-order chi connectivity index (χ0) is 35.2. The molecule has 2 aliphatic rings. The van der Waals surface area contributed by atoms with Gasteiger partial charge in [-0.15, -0.1) is 35.7 Å². The predicted molar refractivity (Wildman–Crippen MR) is 211 cm³/mol. The average Bonchev–Trinajstić information content (AvgIpc) is 3.67. The standard InChI is InChI=1S/C47H46N4O.Pt/c1-31-26-27-48-45(28-31)50-43-23-11-10-20-41(43)42-25-24-38(30-44(42)50)52-37-19-12-18-36(29-37)51-33(3)46(32(2)49-51)47-39(34-14-6-4-7-15-34)21-13-22-40(47)35-16-8-5-9-17-35;/h10-13,18-28,34-35H,4-9,14-17H2,1-3H3;/q-2;+2.